The van der Waals surface area contributed by atoms with Crippen LogP contribution in [0.2, 0.25) is 0 Å². The van der Waals surface area contributed by atoms with E-state index in [1.54, 1.807) is 21.1 Å². The lowest BCUT2D eigenvalue weighted by Crippen LogP contribution is -2.30. The number of para-hydroxylation sites is 2. The van der Waals surface area contributed by atoms with Crippen molar-refractivity contribution in [3.05, 3.63) is 69.1 Å². The molecule has 0 saturated heterocycles. The summed E-state index contributed by atoms with van der Waals surface area (Å²) in [7, 11) is 1.80. The molecular weight excluding hydrogens is 406 g/mol. The number of carbonyl (C=O) groups is 1. The molecule has 0 N–H and O–H groups in total. The Kier molecular flexibility index (Phi) is 6.16. The number of aryl methyl sites for hydroxylation is 2. The quantitative estimate of drug-likeness (QED) is 0.569. The minimum absolute atomic E-state index is 0.0251. The topological polar surface area (TPSA) is 47.2 Å². The number of nitrogens with zero attached hydrogens (tertiary/aromatic N) is 3. The Morgan fingerprint density at radius 1 is 1.00 bits per heavy atom. The molecule has 1 aromatic heterocycles. The van der Waals surface area contributed by atoms with Crippen LogP contribution in [0.5, 0.6) is 0 Å². The Morgan fingerprint density at radius 2 is 1.59 bits per heavy atom. The number of hydrogen-bond donors (Lipinski definition) is 0. The number of halogens is 1. The molecule has 27 heavy (non-hydrogen) atoms. The number of hydrogen-bond acceptors (Lipinski definition) is 2. The molecule has 1 heterocycles. The zero-order valence-electron chi connectivity index (χ0n) is 15.7. The van der Waals surface area contributed by atoms with Gasteiger partial charge < -0.3 is 4.90 Å². The SMILES string of the molecule is CCCn1c(=O)n(CCC(=O)N(C)Cc2ccc(Br)cc2)c2ccccc21. The van der Waals surface area contributed by atoms with Crippen LogP contribution < -0.4 is 5.69 Å². The number of fused-ring (bicyclic) bond motifs is 1. The molecule has 0 saturated carbocycles. The van der Waals surface area contributed by atoms with Gasteiger partial charge in [-0.15, -0.1) is 0 Å². The molecule has 0 spiro atoms. The molecular formula is C21H24BrN3O2. The predicted molar refractivity (Wildman–Crippen MR) is 112 cm³/mol. The van der Waals surface area contributed by atoms with Crippen LogP contribution in [0.3, 0.4) is 0 Å². The van der Waals surface area contributed by atoms with Gasteiger partial charge in [0.2, 0.25) is 5.91 Å². The first-order valence-corrected chi connectivity index (χ1v) is 9.97. The van der Waals surface area contributed by atoms with Gasteiger partial charge in [-0.25, -0.2) is 4.79 Å². The van der Waals surface area contributed by atoms with E-state index >= 15 is 0 Å². The summed E-state index contributed by atoms with van der Waals surface area (Å²) in [6, 6.07) is 15.7. The monoisotopic (exact) mass is 429 g/mol. The maximum Gasteiger partial charge on any atom is 0.329 e. The molecule has 0 fully saturated rings. The van der Waals surface area contributed by atoms with Gasteiger partial charge in [0, 0.05) is 37.6 Å². The minimum atomic E-state index is -0.0404. The summed E-state index contributed by atoms with van der Waals surface area (Å²) in [5.41, 5.74) is 2.85. The number of imidazole rings is 1. The lowest BCUT2D eigenvalue weighted by atomic mass is 10.2. The van der Waals surface area contributed by atoms with Crippen LogP contribution in [0, 0.1) is 0 Å². The summed E-state index contributed by atoms with van der Waals surface area (Å²) >= 11 is 3.42. The fourth-order valence-corrected chi connectivity index (χ4v) is 3.54. The average molecular weight is 430 g/mol. The van der Waals surface area contributed by atoms with E-state index in [9.17, 15) is 9.59 Å². The molecule has 0 unspecified atom stereocenters. The van der Waals surface area contributed by atoms with Gasteiger partial charge >= 0.3 is 5.69 Å². The summed E-state index contributed by atoms with van der Waals surface area (Å²) in [6.45, 7) is 3.68. The van der Waals surface area contributed by atoms with E-state index in [4.69, 9.17) is 0 Å². The van der Waals surface area contributed by atoms with E-state index in [1.165, 1.54) is 0 Å². The number of benzene rings is 2. The minimum Gasteiger partial charge on any atom is -0.341 e. The number of carbonyl (C=O) groups excluding carboxylic acids is 1. The van der Waals surface area contributed by atoms with Gasteiger partial charge in [0.05, 0.1) is 11.0 Å². The van der Waals surface area contributed by atoms with Gasteiger partial charge in [0.1, 0.15) is 0 Å². The van der Waals surface area contributed by atoms with E-state index in [1.807, 2.05) is 48.5 Å². The molecule has 0 aliphatic rings. The van der Waals surface area contributed by atoms with Crippen LogP contribution in [-0.4, -0.2) is 27.0 Å². The van der Waals surface area contributed by atoms with Crippen molar-refractivity contribution < 1.29 is 4.79 Å². The van der Waals surface area contributed by atoms with E-state index in [0.717, 1.165) is 27.5 Å². The number of aromatic nitrogens is 2. The summed E-state index contributed by atoms with van der Waals surface area (Å²) in [5, 5.41) is 0. The lowest BCUT2D eigenvalue weighted by molar-refractivity contribution is -0.130. The first kappa shape index (κ1) is 19.4. The average Bonchev–Trinajstić information content (AvgIpc) is 2.93. The smallest absolute Gasteiger partial charge is 0.329 e. The Bertz CT molecular complexity index is 989. The molecule has 6 heteroatoms. The van der Waals surface area contributed by atoms with Gasteiger partial charge in [-0.05, 0) is 36.2 Å². The molecule has 0 bridgehead atoms. The van der Waals surface area contributed by atoms with Crippen LogP contribution in [0.1, 0.15) is 25.3 Å². The van der Waals surface area contributed by atoms with Gasteiger partial charge in [-0.1, -0.05) is 47.1 Å². The van der Waals surface area contributed by atoms with E-state index < -0.39 is 0 Å². The van der Waals surface area contributed by atoms with Crippen molar-refractivity contribution in [1.82, 2.24) is 14.0 Å². The van der Waals surface area contributed by atoms with Gasteiger partial charge in [0.25, 0.3) is 0 Å². The first-order chi connectivity index (χ1) is 13.0. The highest BCUT2D eigenvalue weighted by molar-refractivity contribution is 9.10. The maximum absolute atomic E-state index is 12.8. The zero-order valence-corrected chi connectivity index (χ0v) is 17.3. The molecule has 0 atom stereocenters. The summed E-state index contributed by atoms with van der Waals surface area (Å²) in [5.74, 6) is 0.0251. The summed E-state index contributed by atoms with van der Waals surface area (Å²) in [4.78, 5) is 27.1. The van der Waals surface area contributed by atoms with E-state index in [-0.39, 0.29) is 11.6 Å². The molecule has 0 aliphatic heterocycles. The van der Waals surface area contributed by atoms with E-state index in [0.29, 0.717) is 26.1 Å². The molecule has 5 nitrogen and oxygen atoms in total. The molecule has 2 aromatic carbocycles. The van der Waals surface area contributed by atoms with Gasteiger partial charge in [-0.3, -0.25) is 13.9 Å². The van der Waals surface area contributed by atoms with Crippen molar-refractivity contribution in [2.45, 2.75) is 39.4 Å². The highest BCUT2D eigenvalue weighted by Gasteiger charge is 2.15. The van der Waals surface area contributed by atoms with Crippen molar-refractivity contribution in [2.75, 3.05) is 7.05 Å². The number of amides is 1. The van der Waals surface area contributed by atoms with Crippen molar-refractivity contribution in [2.24, 2.45) is 0 Å². The molecule has 1 amide bonds. The first-order valence-electron chi connectivity index (χ1n) is 9.17. The molecule has 3 aromatic rings. The van der Waals surface area contributed by atoms with Crippen LogP contribution in [0.4, 0.5) is 0 Å². The third-order valence-electron chi connectivity index (χ3n) is 4.68. The second-order valence-corrected chi connectivity index (χ2v) is 7.62. The Balaban J connectivity index is 1.72. The predicted octanol–water partition coefficient (Wildman–Crippen LogP) is 4.02. The zero-order chi connectivity index (χ0) is 19.4. The van der Waals surface area contributed by atoms with Crippen molar-refractivity contribution in [1.29, 1.82) is 0 Å². The maximum atomic E-state index is 12.8. The third-order valence-corrected chi connectivity index (χ3v) is 5.21. The number of rotatable bonds is 7. The van der Waals surface area contributed by atoms with Crippen molar-refractivity contribution in [3.8, 4) is 0 Å². The Labute approximate surface area is 167 Å². The fraction of sp³-hybridized carbons (Fsp3) is 0.333. The third kappa shape index (κ3) is 4.33. The summed E-state index contributed by atoms with van der Waals surface area (Å²) in [6.07, 6.45) is 1.19. The molecule has 0 aliphatic carbocycles. The van der Waals surface area contributed by atoms with Crippen LogP contribution in [-0.2, 0) is 24.4 Å². The van der Waals surface area contributed by atoms with Crippen LogP contribution in [0.25, 0.3) is 11.0 Å². The Hall–Kier alpha value is -2.34. The van der Waals surface area contributed by atoms with Crippen LogP contribution >= 0.6 is 15.9 Å². The second kappa shape index (κ2) is 8.57. The highest BCUT2D eigenvalue weighted by Crippen LogP contribution is 2.15. The lowest BCUT2D eigenvalue weighted by Gasteiger charge is -2.17. The highest BCUT2D eigenvalue weighted by atomic mass is 79.9. The van der Waals surface area contributed by atoms with Crippen LogP contribution in [0.15, 0.2) is 57.8 Å². The largest absolute Gasteiger partial charge is 0.341 e. The fourth-order valence-electron chi connectivity index (χ4n) is 3.28. The van der Waals surface area contributed by atoms with E-state index in [2.05, 4.69) is 22.9 Å². The van der Waals surface area contributed by atoms with Crippen molar-refractivity contribution in [3.63, 3.8) is 0 Å². The second-order valence-electron chi connectivity index (χ2n) is 6.70. The standard InChI is InChI=1S/C21H24BrN3O2/c1-3-13-24-18-6-4-5-7-19(18)25(21(24)27)14-12-20(26)23(2)15-16-8-10-17(22)11-9-16/h4-11H,3,12-15H2,1-2H3. The molecule has 0 radical (unpaired) electrons. The van der Waals surface area contributed by atoms with Gasteiger partial charge in [-0.2, -0.15) is 0 Å². The summed E-state index contributed by atoms with van der Waals surface area (Å²) < 4.78 is 4.53. The molecule has 3 rings (SSSR count). The van der Waals surface area contributed by atoms with Gasteiger partial charge in [0.15, 0.2) is 0 Å². The Morgan fingerprint density at radius 3 is 2.19 bits per heavy atom. The normalized spacial score (nSPS) is 11.1. The molecule has 142 valence electrons. The van der Waals surface area contributed by atoms with Crippen molar-refractivity contribution >= 4 is 32.9 Å².